The van der Waals surface area contributed by atoms with E-state index in [0.717, 1.165) is 11.2 Å². The summed E-state index contributed by atoms with van der Waals surface area (Å²) in [6, 6.07) is 15.5. The number of methoxy groups -OCH3 is 1. The van der Waals surface area contributed by atoms with Gasteiger partial charge in [0.25, 0.3) is 5.91 Å². The number of hydrogen-bond acceptors (Lipinski definition) is 3. The number of fused-ring (bicyclic) bond motifs is 4. The molecule has 2 atom stereocenters. The van der Waals surface area contributed by atoms with Gasteiger partial charge in [-0.05, 0) is 42.9 Å². The number of aromatic amines is 1. The van der Waals surface area contributed by atoms with Crippen molar-refractivity contribution >= 4 is 39.8 Å². The van der Waals surface area contributed by atoms with Gasteiger partial charge in [0.1, 0.15) is 11.8 Å². The second-order valence-corrected chi connectivity index (χ2v) is 7.36. The number of nitrogens with zero attached hydrogens (tertiary/aromatic N) is 2. The van der Waals surface area contributed by atoms with Crippen molar-refractivity contribution in [2.75, 3.05) is 12.0 Å². The van der Waals surface area contributed by atoms with Crippen molar-refractivity contribution in [1.29, 1.82) is 0 Å². The Morgan fingerprint density at radius 1 is 1.15 bits per heavy atom. The van der Waals surface area contributed by atoms with Gasteiger partial charge in [-0.1, -0.05) is 30.3 Å². The number of aromatic nitrogens is 1. The molecule has 1 amide bonds. The number of carbonyl (C=O) groups excluding carboxylic acids is 1. The quantitative estimate of drug-likeness (QED) is 0.690. The van der Waals surface area contributed by atoms with Crippen LogP contribution in [0.2, 0.25) is 0 Å². The number of benzene rings is 2. The molecule has 0 radical (unpaired) electrons. The van der Waals surface area contributed by atoms with Crippen molar-refractivity contribution in [3.63, 3.8) is 0 Å². The van der Waals surface area contributed by atoms with Crippen LogP contribution >= 0.6 is 12.2 Å². The highest BCUT2D eigenvalue weighted by molar-refractivity contribution is 7.80. The van der Waals surface area contributed by atoms with Crippen LogP contribution in [0.4, 0.5) is 5.69 Å². The van der Waals surface area contributed by atoms with E-state index >= 15 is 0 Å². The number of carbonyl (C=O) groups is 1. The van der Waals surface area contributed by atoms with Crippen molar-refractivity contribution in [2.45, 2.75) is 25.4 Å². The Balaban J connectivity index is 1.61. The van der Waals surface area contributed by atoms with E-state index in [0.29, 0.717) is 23.0 Å². The van der Waals surface area contributed by atoms with Crippen molar-refractivity contribution in [3.8, 4) is 5.75 Å². The van der Waals surface area contributed by atoms with E-state index in [-0.39, 0.29) is 18.0 Å². The van der Waals surface area contributed by atoms with Gasteiger partial charge >= 0.3 is 0 Å². The molecule has 2 aliphatic heterocycles. The molecule has 2 aliphatic rings. The molecule has 27 heavy (non-hydrogen) atoms. The predicted octanol–water partition coefficient (Wildman–Crippen LogP) is 3.80. The molecular formula is C21H19N3O2S. The van der Waals surface area contributed by atoms with Gasteiger partial charge in [-0.3, -0.25) is 9.69 Å². The predicted molar refractivity (Wildman–Crippen MR) is 109 cm³/mol. The first-order valence-corrected chi connectivity index (χ1v) is 9.41. The number of thiocarbonyl (C=S) groups is 1. The van der Waals surface area contributed by atoms with E-state index in [1.807, 2.05) is 36.4 Å². The fraction of sp³-hybridized carbons (Fsp3) is 0.238. The Kier molecular flexibility index (Phi) is 3.52. The van der Waals surface area contributed by atoms with Crippen molar-refractivity contribution in [1.82, 2.24) is 9.88 Å². The van der Waals surface area contributed by atoms with Gasteiger partial charge in [-0.15, -0.1) is 0 Å². The van der Waals surface area contributed by atoms with E-state index in [1.54, 1.807) is 12.0 Å². The molecule has 0 spiro atoms. The van der Waals surface area contributed by atoms with Gasteiger partial charge in [0.05, 0.1) is 18.8 Å². The van der Waals surface area contributed by atoms with E-state index in [9.17, 15) is 4.79 Å². The number of anilines is 1. The number of para-hydroxylation sites is 3. The highest BCUT2D eigenvalue weighted by Crippen LogP contribution is 2.43. The molecule has 1 saturated heterocycles. The molecule has 3 aromatic rings. The average Bonchev–Trinajstić information content (AvgIpc) is 3.18. The molecule has 5 nitrogen and oxygen atoms in total. The molecule has 3 heterocycles. The molecule has 0 saturated carbocycles. The molecule has 1 fully saturated rings. The van der Waals surface area contributed by atoms with Crippen molar-refractivity contribution in [2.24, 2.45) is 0 Å². The zero-order chi connectivity index (χ0) is 18.7. The lowest BCUT2D eigenvalue weighted by Crippen LogP contribution is -2.42. The maximum Gasteiger partial charge on any atom is 0.256 e. The largest absolute Gasteiger partial charge is 0.495 e. The average molecular weight is 377 g/mol. The first-order chi connectivity index (χ1) is 13.1. The molecule has 0 unspecified atom stereocenters. The molecule has 136 valence electrons. The minimum atomic E-state index is -0.288. The molecule has 1 aromatic heterocycles. The van der Waals surface area contributed by atoms with Crippen LogP contribution in [0, 0.1) is 0 Å². The lowest BCUT2D eigenvalue weighted by Gasteiger charge is -2.34. The van der Waals surface area contributed by atoms with Gasteiger partial charge in [0, 0.05) is 23.0 Å². The van der Waals surface area contributed by atoms with Crippen LogP contribution in [-0.4, -0.2) is 34.1 Å². The van der Waals surface area contributed by atoms with Crippen LogP contribution in [0.15, 0.2) is 48.5 Å². The zero-order valence-electron chi connectivity index (χ0n) is 15.1. The fourth-order valence-electron chi connectivity index (χ4n) is 4.40. The smallest absolute Gasteiger partial charge is 0.256 e. The van der Waals surface area contributed by atoms with E-state index in [1.165, 1.54) is 10.9 Å². The van der Waals surface area contributed by atoms with Crippen LogP contribution in [0.25, 0.3) is 10.9 Å². The molecule has 0 bridgehead atoms. The minimum Gasteiger partial charge on any atom is -0.495 e. The first kappa shape index (κ1) is 16.3. The summed E-state index contributed by atoms with van der Waals surface area (Å²) < 4.78 is 5.46. The highest BCUT2D eigenvalue weighted by Gasteiger charge is 2.49. The summed E-state index contributed by atoms with van der Waals surface area (Å²) in [6.07, 6.45) is 0.647. The number of rotatable bonds is 2. The summed E-state index contributed by atoms with van der Waals surface area (Å²) >= 11 is 5.75. The molecule has 5 rings (SSSR count). The van der Waals surface area contributed by atoms with Crippen LogP contribution in [0.3, 0.4) is 0 Å². The van der Waals surface area contributed by atoms with Crippen LogP contribution in [0.1, 0.15) is 24.2 Å². The molecule has 6 heteroatoms. The molecular weight excluding hydrogens is 358 g/mol. The Hall–Kier alpha value is -2.86. The fourth-order valence-corrected chi connectivity index (χ4v) is 4.87. The second kappa shape index (κ2) is 5.82. The van der Waals surface area contributed by atoms with Crippen molar-refractivity contribution < 1.29 is 9.53 Å². The number of nitrogens with one attached hydrogen (secondary N) is 1. The van der Waals surface area contributed by atoms with Gasteiger partial charge < -0.3 is 14.6 Å². The summed E-state index contributed by atoms with van der Waals surface area (Å²) in [6.45, 7) is 2.10. The summed E-state index contributed by atoms with van der Waals surface area (Å²) in [4.78, 5) is 20.6. The monoisotopic (exact) mass is 377 g/mol. The maximum absolute atomic E-state index is 13.4. The van der Waals surface area contributed by atoms with Gasteiger partial charge in [-0.25, -0.2) is 0 Å². The summed E-state index contributed by atoms with van der Waals surface area (Å²) in [5.41, 5.74) is 4.17. The van der Waals surface area contributed by atoms with E-state index in [2.05, 4.69) is 28.9 Å². The third-order valence-corrected chi connectivity index (χ3v) is 6.05. The number of hydrogen-bond donors (Lipinski definition) is 1. The Bertz CT molecular complexity index is 1090. The normalized spacial score (nSPS) is 21.6. The molecule has 0 aliphatic carbocycles. The summed E-state index contributed by atoms with van der Waals surface area (Å²) in [7, 11) is 1.61. The van der Waals surface area contributed by atoms with E-state index in [4.69, 9.17) is 17.0 Å². The maximum atomic E-state index is 13.4. The van der Waals surface area contributed by atoms with Crippen LogP contribution < -0.4 is 9.64 Å². The second-order valence-electron chi connectivity index (χ2n) is 6.99. The Morgan fingerprint density at radius 2 is 1.89 bits per heavy atom. The lowest BCUT2D eigenvalue weighted by molar-refractivity contribution is -0.120. The number of ether oxygens (including phenoxy) is 1. The van der Waals surface area contributed by atoms with Gasteiger partial charge in [0.15, 0.2) is 5.11 Å². The number of amides is 1. The summed E-state index contributed by atoms with van der Waals surface area (Å²) in [5.74, 6) is 0.650. The van der Waals surface area contributed by atoms with E-state index < -0.39 is 0 Å². The standard InChI is InChI=1S/C21H19N3O2S/c1-12-19-14(13-7-3-4-8-15(13)22-19)11-17-20(25)24(21(27)23(12)17)16-9-5-6-10-18(16)26-2/h3-10,12,17,22H,11H2,1-2H3/t12-,17-/m1/s1. The summed E-state index contributed by atoms with van der Waals surface area (Å²) in [5, 5.41) is 1.72. The molecule has 2 aromatic carbocycles. The molecule has 1 N–H and O–H groups in total. The Labute approximate surface area is 162 Å². The first-order valence-electron chi connectivity index (χ1n) is 9.00. The minimum absolute atomic E-state index is 0.00214. The van der Waals surface area contributed by atoms with Crippen LogP contribution in [0.5, 0.6) is 5.75 Å². The van der Waals surface area contributed by atoms with Gasteiger partial charge in [-0.2, -0.15) is 0 Å². The van der Waals surface area contributed by atoms with Gasteiger partial charge in [0.2, 0.25) is 0 Å². The topological polar surface area (TPSA) is 48.6 Å². The van der Waals surface area contributed by atoms with Crippen molar-refractivity contribution in [3.05, 3.63) is 59.8 Å². The zero-order valence-corrected chi connectivity index (χ0v) is 15.9. The van der Waals surface area contributed by atoms with Crippen LogP contribution in [-0.2, 0) is 11.2 Å². The SMILES string of the molecule is COc1ccccc1N1C(=O)[C@H]2Cc3c([nH]c4ccccc34)[C@@H](C)N2C1=S. The number of H-pyrrole nitrogens is 1. The lowest BCUT2D eigenvalue weighted by atomic mass is 9.93. The third kappa shape index (κ3) is 2.16. The highest BCUT2D eigenvalue weighted by atomic mass is 32.1. The third-order valence-electron chi connectivity index (χ3n) is 5.66. The Morgan fingerprint density at radius 3 is 2.70 bits per heavy atom.